The molecule has 0 radical (unpaired) electrons. The van der Waals surface area contributed by atoms with Crippen LogP contribution in [-0.4, -0.2) is 20.7 Å². The van der Waals surface area contributed by atoms with Gasteiger partial charge >= 0.3 is 0 Å². The topological polar surface area (TPSA) is 59.8 Å². The zero-order chi connectivity index (χ0) is 15.6. The lowest BCUT2D eigenvalue weighted by Crippen LogP contribution is -2.30. The molecule has 6 heteroatoms. The molecule has 1 atom stereocenters. The van der Waals surface area contributed by atoms with Crippen LogP contribution >= 0.6 is 11.3 Å². The van der Waals surface area contributed by atoms with E-state index in [9.17, 15) is 4.79 Å². The summed E-state index contributed by atoms with van der Waals surface area (Å²) in [5.41, 5.74) is 2.97. The van der Waals surface area contributed by atoms with E-state index in [1.54, 1.807) is 6.20 Å². The number of rotatable bonds is 3. The van der Waals surface area contributed by atoms with Crippen molar-refractivity contribution in [1.82, 2.24) is 20.1 Å². The highest BCUT2D eigenvalue weighted by Gasteiger charge is 2.26. The fourth-order valence-electron chi connectivity index (χ4n) is 3.02. The molecule has 0 saturated heterocycles. The van der Waals surface area contributed by atoms with Gasteiger partial charge < -0.3 is 5.32 Å². The summed E-state index contributed by atoms with van der Waals surface area (Å²) in [5, 5.41) is 11.4. The van der Waals surface area contributed by atoms with Crippen LogP contribution in [0.2, 0.25) is 0 Å². The predicted molar refractivity (Wildman–Crippen MR) is 88.8 cm³/mol. The van der Waals surface area contributed by atoms with Gasteiger partial charge in [-0.25, -0.2) is 9.67 Å². The Balaban J connectivity index is 1.62. The third-order valence-corrected chi connectivity index (χ3v) is 4.82. The van der Waals surface area contributed by atoms with E-state index in [0.29, 0.717) is 0 Å². The summed E-state index contributed by atoms with van der Waals surface area (Å²) < 4.78 is 1.89. The Kier molecular flexibility index (Phi) is 3.67. The molecule has 23 heavy (non-hydrogen) atoms. The van der Waals surface area contributed by atoms with Gasteiger partial charge in [0.15, 0.2) is 5.82 Å². The molecular formula is C17H16N4OS. The van der Waals surface area contributed by atoms with Gasteiger partial charge in [-0.1, -0.05) is 6.07 Å². The smallest absolute Gasteiger partial charge is 0.252 e. The highest BCUT2D eigenvalue weighted by molar-refractivity contribution is 7.08. The Bertz CT molecular complexity index is 811. The van der Waals surface area contributed by atoms with Crippen LogP contribution < -0.4 is 5.32 Å². The Morgan fingerprint density at radius 2 is 2.30 bits per heavy atom. The summed E-state index contributed by atoms with van der Waals surface area (Å²) in [7, 11) is 0. The largest absolute Gasteiger partial charge is 0.345 e. The lowest BCUT2D eigenvalue weighted by molar-refractivity contribution is 0.0933. The molecule has 0 aliphatic heterocycles. The molecular weight excluding hydrogens is 308 g/mol. The zero-order valence-electron chi connectivity index (χ0n) is 12.5. The molecule has 5 nitrogen and oxygen atoms in total. The summed E-state index contributed by atoms with van der Waals surface area (Å²) in [6.07, 6.45) is 6.55. The summed E-state index contributed by atoms with van der Waals surface area (Å²) >= 11 is 1.53. The van der Waals surface area contributed by atoms with Gasteiger partial charge in [-0.05, 0) is 42.8 Å². The highest BCUT2D eigenvalue weighted by atomic mass is 32.1. The molecule has 1 unspecified atom stereocenters. The van der Waals surface area contributed by atoms with Gasteiger partial charge in [-0.15, -0.1) is 0 Å². The van der Waals surface area contributed by atoms with Gasteiger partial charge in [-0.3, -0.25) is 4.79 Å². The Labute approximate surface area is 138 Å². The summed E-state index contributed by atoms with van der Waals surface area (Å²) in [6.45, 7) is 0. The number of nitrogens with one attached hydrogen (secondary N) is 1. The number of carbonyl (C=O) groups is 1. The standard InChI is InChI=1S/C17H16N4OS/c22-17(12-7-9-23-11-12)20-14-4-3-5-15-13(14)10-19-21(15)16-6-1-2-8-18-16/h1-2,6-11,14H,3-5H2,(H,20,22). The maximum Gasteiger partial charge on any atom is 0.252 e. The van der Waals surface area contributed by atoms with E-state index >= 15 is 0 Å². The number of carbonyl (C=O) groups excluding carboxylic acids is 1. The maximum absolute atomic E-state index is 12.3. The number of amides is 1. The van der Waals surface area contributed by atoms with Crippen molar-refractivity contribution >= 4 is 17.2 Å². The van der Waals surface area contributed by atoms with Crippen molar-refractivity contribution in [3.8, 4) is 5.82 Å². The molecule has 1 aliphatic rings. The van der Waals surface area contributed by atoms with Crippen molar-refractivity contribution in [2.45, 2.75) is 25.3 Å². The highest BCUT2D eigenvalue weighted by Crippen LogP contribution is 2.31. The number of aromatic nitrogens is 3. The van der Waals surface area contributed by atoms with Gasteiger partial charge in [0.1, 0.15) is 0 Å². The lowest BCUT2D eigenvalue weighted by atomic mass is 9.92. The van der Waals surface area contributed by atoms with Crippen molar-refractivity contribution in [2.75, 3.05) is 0 Å². The minimum atomic E-state index is -0.0188. The van der Waals surface area contributed by atoms with Crippen LogP contribution in [0.15, 0.2) is 47.4 Å². The molecule has 1 amide bonds. The second-order valence-corrected chi connectivity index (χ2v) is 6.36. The van der Waals surface area contributed by atoms with Gasteiger partial charge in [0.2, 0.25) is 0 Å². The minimum absolute atomic E-state index is 0.0172. The van der Waals surface area contributed by atoms with Gasteiger partial charge in [0.25, 0.3) is 5.91 Å². The second kappa shape index (κ2) is 5.96. The monoisotopic (exact) mass is 324 g/mol. The average molecular weight is 324 g/mol. The molecule has 0 spiro atoms. The summed E-state index contributed by atoms with van der Waals surface area (Å²) in [4.78, 5) is 16.7. The first-order valence-electron chi connectivity index (χ1n) is 7.64. The van der Waals surface area contributed by atoms with E-state index in [0.717, 1.165) is 41.9 Å². The van der Waals surface area contributed by atoms with Crippen LogP contribution in [0.25, 0.3) is 5.82 Å². The van der Waals surface area contributed by atoms with Crippen LogP contribution in [0.3, 0.4) is 0 Å². The molecule has 1 N–H and O–H groups in total. The van der Waals surface area contributed by atoms with Crippen molar-refractivity contribution in [3.05, 3.63) is 64.2 Å². The number of nitrogens with zero attached hydrogens (tertiary/aromatic N) is 3. The van der Waals surface area contributed by atoms with Crippen LogP contribution in [0.5, 0.6) is 0 Å². The fraction of sp³-hybridized carbons (Fsp3) is 0.235. The van der Waals surface area contributed by atoms with E-state index in [1.807, 2.05) is 45.9 Å². The Hall–Kier alpha value is -2.47. The zero-order valence-corrected chi connectivity index (χ0v) is 13.3. The third-order valence-electron chi connectivity index (χ3n) is 4.14. The summed E-state index contributed by atoms with van der Waals surface area (Å²) in [5.74, 6) is 0.799. The van der Waals surface area contributed by atoms with E-state index in [2.05, 4.69) is 15.4 Å². The first-order chi connectivity index (χ1) is 11.3. The van der Waals surface area contributed by atoms with Gasteiger partial charge in [0.05, 0.1) is 23.5 Å². The fourth-order valence-corrected chi connectivity index (χ4v) is 3.65. The second-order valence-electron chi connectivity index (χ2n) is 5.58. The van der Waals surface area contributed by atoms with E-state index < -0.39 is 0 Å². The van der Waals surface area contributed by atoms with Crippen molar-refractivity contribution < 1.29 is 4.79 Å². The molecule has 0 fully saturated rings. The third kappa shape index (κ3) is 2.66. The van der Waals surface area contributed by atoms with Crippen molar-refractivity contribution in [1.29, 1.82) is 0 Å². The first kappa shape index (κ1) is 14.1. The van der Waals surface area contributed by atoms with Crippen LogP contribution in [0.4, 0.5) is 0 Å². The van der Waals surface area contributed by atoms with E-state index in [4.69, 9.17) is 0 Å². The van der Waals surface area contributed by atoms with E-state index in [1.165, 1.54) is 11.3 Å². The Morgan fingerprint density at radius 3 is 3.09 bits per heavy atom. The van der Waals surface area contributed by atoms with Crippen molar-refractivity contribution in [3.63, 3.8) is 0 Å². The number of fused-ring (bicyclic) bond motifs is 1. The van der Waals surface area contributed by atoms with Crippen molar-refractivity contribution in [2.24, 2.45) is 0 Å². The number of hydrogen-bond acceptors (Lipinski definition) is 4. The predicted octanol–water partition coefficient (Wildman–Crippen LogP) is 3.14. The molecule has 0 bridgehead atoms. The van der Waals surface area contributed by atoms with Crippen LogP contribution in [0.1, 0.15) is 40.5 Å². The van der Waals surface area contributed by atoms with Crippen LogP contribution in [-0.2, 0) is 6.42 Å². The SMILES string of the molecule is O=C(NC1CCCc2c1cnn2-c1ccccn1)c1ccsc1. The van der Waals surface area contributed by atoms with Gasteiger partial charge in [0, 0.05) is 17.1 Å². The maximum atomic E-state index is 12.3. The quantitative estimate of drug-likeness (QED) is 0.805. The molecule has 1 aliphatic carbocycles. The molecule has 0 aromatic carbocycles. The first-order valence-corrected chi connectivity index (χ1v) is 8.58. The molecule has 3 aromatic heterocycles. The van der Waals surface area contributed by atoms with Crippen LogP contribution in [0, 0.1) is 0 Å². The summed E-state index contributed by atoms with van der Waals surface area (Å²) in [6, 6.07) is 7.66. The molecule has 116 valence electrons. The van der Waals surface area contributed by atoms with Gasteiger partial charge in [-0.2, -0.15) is 16.4 Å². The molecule has 0 saturated carbocycles. The number of hydrogen-bond donors (Lipinski definition) is 1. The molecule has 3 aromatic rings. The molecule has 4 rings (SSSR count). The lowest BCUT2D eigenvalue weighted by Gasteiger charge is -2.24. The normalized spacial score (nSPS) is 16.8. The molecule has 3 heterocycles. The number of thiophene rings is 1. The average Bonchev–Trinajstić information content (AvgIpc) is 3.26. The Morgan fingerprint density at radius 1 is 1.35 bits per heavy atom. The number of pyridine rings is 1. The minimum Gasteiger partial charge on any atom is -0.345 e. The van der Waals surface area contributed by atoms with E-state index in [-0.39, 0.29) is 11.9 Å².